The molecule has 5 heteroatoms. The molecule has 1 aromatic heterocycles. The lowest BCUT2D eigenvalue weighted by atomic mass is 10.1. The number of nitrogens with zero attached hydrogens (tertiary/aromatic N) is 1. The molecule has 0 fully saturated rings. The normalized spacial score (nSPS) is 12.0. The number of sulfone groups is 1. The Morgan fingerprint density at radius 3 is 2.43 bits per heavy atom. The molecule has 0 atom stereocenters. The minimum Gasteiger partial charge on any atom is -0.338 e. The summed E-state index contributed by atoms with van der Waals surface area (Å²) in [5.74, 6) is 0.749. The van der Waals surface area contributed by atoms with Gasteiger partial charge < -0.3 is 4.98 Å². The monoisotopic (exact) mass is 300 g/mol. The van der Waals surface area contributed by atoms with Crippen LogP contribution in [-0.4, -0.2) is 24.6 Å². The van der Waals surface area contributed by atoms with Crippen LogP contribution in [0.25, 0.3) is 22.4 Å². The summed E-state index contributed by atoms with van der Waals surface area (Å²) in [5.41, 5.74) is 4.91. The summed E-state index contributed by atoms with van der Waals surface area (Å²) in [4.78, 5) is 8.02. The van der Waals surface area contributed by atoms with E-state index in [0.29, 0.717) is 4.90 Å². The maximum atomic E-state index is 11.6. The van der Waals surface area contributed by atoms with Gasteiger partial charge in [0, 0.05) is 11.8 Å². The zero-order valence-corrected chi connectivity index (χ0v) is 13.0. The zero-order valence-electron chi connectivity index (χ0n) is 12.1. The standard InChI is InChI=1S/C16H16N2O2S/c1-10-4-5-12(8-11(10)2)16-17-14-7-6-13(21(3,19)20)9-15(14)18-16/h4-9H,1-3H3,(H,17,18). The van der Waals surface area contributed by atoms with E-state index in [1.54, 1.807) is 18.2 Å². The van der Waals surface area contributed by atoms with Crippen molar-refractivity contribution in [3.63, 3.8) is 0 Å². The quantitative estimate of drug-likeness (QED) is 0.790. The maximum Gasteiger partial charge on any atom is 0.175 e. The number of imidazole rings is 1. The maximum absolute atomic E-state index is 11.6. The highest BCUT2D eigenvalue weighted by Gasteiger charge is 2.11. The van der Waals surface area contributed by atoms with Gasteiger partial charge in [0.1, 0.15) is 5.82 Å². The summed E-state index contributed by atoms with van der Waals surface area (Å²) in [6.07, 6.45) is 1.20. The summed E-state index contributed by atoms with van der Waals surface area (Å²) in [6, 6.07) is 11.1. The molecule has 4 nitrogen and oxygen atoms in total. The van der Waals surface area contributed by atoms with Crippen molar-refractivity contribution in [1.29, 1.82) is 0 Å². The number of H-pyrrole nitrogens is 1. The number of aryl methyl sites for hydroxylation is 2. The summed E-state index contributed by atoms with van der Waals surface area (Å²) in [6.45, 7) is 4.12. The first-order chi connectivity index (χ1) is 9.84. The van der Waals surface area contributed by atoms with Gasteiger partial charge in [0.05, 0.1) is 15.9 Å². The lowest BCUT2D eigenvalue weighted by molar-refractivity contribution is 0.602. The smallest absolute Gasteiger partial charge is 0.175 e. The number of fused-ring (bicyclic) bond motifs is 1. The van der Waals surface area contributed by atoms with Crippen molar-refractivity contribution in [3.8, 4) is 11.4 Å². The van der Waals surface area contributed by atoms with Crippen molar-refractivity contribution in [2.75, 3.05) is 6.26 Å². The third-order valence-electron chi connectivity index (χ3n) is 3.66. The lowest BCUT2D eigenvalue weighted by Gasteiger charge is -2.02. The Morgan fingerprint density at radius 1 is 1.00 bits per heavy atom. The molecule has 21 heavy (non-hydrogen) atoms. The highest BCUT2D eigenvalue weighted by molar-refractivity contribution is 7.90. The van der Waals surface area contributed by atoms with Crippen LogP contribution in [0.4, 0.5) is 0 Å². The first kappa shape index (κ1) is 13.8. The van der Waals surface area contributed by atoms with E-state index in [9.17, 15) is 8.42 Å². The Labute approximate surface area is 123 Å². The molecule has 0 saturated carbocycles. The van der Waals surface area contributed by atoms with Crippen molar-refractivity contribution in [2.45, 2.75) is 18.7 Å². The summed E-state index contributed by atoms with van der Waals surface area (Å²) in [7, 11) is -3.21. The van der Waals surface area contributed by atoms with Gasteiger partial charge in [0.15, 0.2) is 9.84 Å². The van der Waals surface area contributed by atoms with Crippen LogP contribution in [0.3, 0.4) is 0 Å². The molecule has 0 saturated heterocycles. The number of hydrogen-bond donors (Lipinski definition) is 1. The Hall–Kier alpha value is -2.14. The van der Waals surface area contributed by atoms with Gasteiger partial charge >= 0.3 is 0 Å². The van der Waals surface area contributed by atoms with Crippen molar-refractivity contribution in [2.24, 2.45) is 0 Å². The van der Waals surface area contributed by atoms with E-state index in [4.69, 9.17) is 0 Å². The fraction of sp³-hybridized carbons (Fsp3) is 0.188. The average Bonchev–Trinajstić information content (AvgIpc) is 2.83. The SMILES string of the molecule is Cc1ccc(-c2nc3ccc(S(C)(=O)=O)cc3[nH]2)cc1C. The van der Waals surface area contributed by atoms with Gasteiger partial charge in [-0.2, -0.15) is 0 Å². The van der Waals surface area contributed by atoms with Crippen molar-refractivity contribution in [3.05, 3.63) is 47.5 Å². The number of aromatic nitrogens is 2. The predicted octanol–water partition coefficient (Wildman–Crippen LogP) is 3.25. The minimum atomic E-state index is -3.21. The Balaban J connectivity index is 2.14. The second-order valence-corrected chi connectivity index (χ2v) is 7.35. The molecule has 3 rings (SSSR count). The van der Waals surface area contributed by atoms with Crippen LogP contribution in [0.2, 0.25) is 0 Å². The molecule has 0 aliphatic rings. The van der Waals surface area contributed by atoms with Crippen LogP contribution in [0.5, 0.6) is 0 Å². The number of hydrogen-bond acceptors (Lipinski definition) is 3. The molecule has 3 aromatic rings. The molecule has 0 radical (unpaired) electrons. The van der Waals surface area contributed by atoms with Crippen LogP contribution in [0.15, 0.2) is 41.3 Å². The minimum absolute atomic E-state index is 0.297. The molecule has 1 heterocycles. The van der Waals surface area contributed by atoms with Gasteiger partial charge in [-0.3, -0.25) is 0 Å². The summed E-state index contributed by atoms with van der Waals surface area (Å²) in [5, 5.41) is 0. The Bertz CT molecular complexity index is 940. The van der Waals surface area contributed by atoms with E-state index in [-0.39, 0.29) is 0 Å². The number of aromatic amines is 1. The highest BCUT2D eigenvalue weighted by atomic mass is 32.2. The van der Waals surface area contributed by atoms with Gasteiger partial charge in [-0.15, -0.1) is 0 Å². The van der Waals surface area contributed by atoms with E-state index in [0.717, 1.165) is 22.4 Å². The first-order valence-corrected chi connectivity index (χ1v) is 8.51. The zero-order chi connectivity index (χ0) is 15.2. The molecule has 0 aliphatic carbocycles. The van der Waals surface area contributed by atoms with Crippen LogP contribution in [0, 0.1) is 13.8 Å². The predicted molar refractivity (Wildman–Crippen MR) is 84.1 cm³/mol. The highest BCUT2D eigenvalue weighted by Crippen LogP contribution is 2.24. The van der Waals surface area contributed by atoms with Gasteiger partial charge in [-0.1, -0.05) is 12.1 Å². The fourth-order valence-corrected chi connectivity index (χ4v) is 2.89. The Morgan fingerprint density at radius 2 is 1.76 bits per heavy atom. The largest absolute Gasteiger partial charge is 0.338 e. The Kier molecular flexibility index (Phi) is 3.10. The third-order valence-corrected chi connectivity index (χ3v) is 4.77. The molecule has 0 aliphatic heterocycles. The van der Waals surface area contributed by atoms with Gasteiger partial charge in [-0.05, 0) is 49.2 Å². The molecule has 0 unspecified atom stereocenters. The molecule has 1 N–H and O–H groups in total. The van der Waals surface area contributed by atoms with E-state index in [1.165, 1.54) is 17.4 Å². The van der Waals surface area contributed by atoms with Crippen molar-refractivity contribution >= 4 is 20.9 Å². The average molecular weight is 300 g/mol. The lowest BCUT2D eigenvalue weighted by Crippen LogP contribution is -1.96. The summed E-state index contributed by atoms with van der Waals surface area (Å²) < 4.78 is 23.2. The molecular formula is C16H16N2O2S. The first-order valence-electron chi connectivity index (χ1n) is 6.62. The molecule has 2 aromatic carbocycles. The van der Waals surface area contributed by atoms with E-state index in [2.05, 4.69) is 35.9 Å². The molecule has 0 amide bonds. The van der Waals surface area contributed by atoms with Gasteiger partial charge in [-0.25, -0.2) is 13.4 Å². The van der Waals surface area contributed by atoms with E-state index in [1.807, 2.05) is 6.07 Å². The van der Waals surface area contributed by atoms with Crippen LogP contribution < -0.4 is 0 Å². The summed E-state index contributed by atoms with van der Waals surface area (Å²) >= 11 is 0. The van der Waals surface area contributed by atoms with Crippen LogP contribution in [0.1, 0.15) is 11.1 Å². The van der Waals surface area contributed by atoms with E-state index >= 15 is 0 Å². The topological polar surface area (TPSA) is 62.8 Å². The molecular weight excluding hydrogens is 284 g/mol. The third kappa shape index (κ3) is 2.56. The van der Waals surface area contributed by atoms with Crippen LogP contribution in [-0.2, 0) is 9.84 Å². The van der Waals surface area contributed by atoms with Crippen molar-refractivity contribution in [1.82, 2.24) is 9.97 Å². The van der Waals surface area contributed by atoms with Gasteiger partial charge in [0.2, 0.25) is 0 Å². The molecule has 0 spiro atoms. The van der Waals surface area contributed by atoms with Crippen LogP contribution >= 0.6 is 0 Å². The van der Waals surface area contributed by atoms with Gasteiger partial charge in [0.25, 0.3) is 0 Å². The fourth-order valence-electron chi connectivity index (χ4n) is 2.24. The second kappa shape index (κ2) is 4.70. The number of benzene rings is 2. The number of rotatable bonds is 2. The van der Waals surface area contributed by atoms with Crippen molar-refractivity contribution < 1.29 is 8.42 Å². The van der Waals surface area contributed by atoms with E-state index < -0.39 is 9.84 Å². The second-order valence-electron chi connectivity index (χ2n) is 5.34. The molecule has 0 bridgehead atoms. The number of nitrogens with one attached hydrogen (secondary N) is 1. The molecule has 108 valence electrons.